The summed E-state index contributed by atoms with van der Waals surface area (Å²) in [4.78, 5) is 4.37. The van der Waals surface area contributed by atoms with Gasteiger partial charge in [-0.15, -0.1) is 0 Å². The van der Waals surface area contributed by atoms with Crippen LogP contribution in [0, 0.1) is 0 Å². The van der Waals surface area contributed by atoms with E-state index in [-0.39, 0.29) is 0 Å². The lowest BCUT2D eigenvalue weighted by molar-refractivity contribution is 0.415. The molecule has 0 bridgehead atoms. The average molecular weight is 344 g/mol. The van der Waals surface area contributed by atoms with Gasteiger partial charge in [-0.1, -0.05) is 18.2 Å². The monoisotopic (exact) mass is 343 g/mol. The molecule has 0 radical (unpaired) electrons. The van der Waals surface area contributed by atoms with Crippen molar-refractivity contribution < 1.29 is 4.74 Å². The summed E-state index contributed by atoms with van der Waals surface area (Å²) in [6.45, 7) is 0. The van der Waals surface area contributed by atoms with Crippen molar-refractivity contribution in [2.24, 2.45) is 0 Å². The number of halogens is 1. The fourth-order valence-corrected chi connectivity index (χ4v) is 2.39. The van der Waals surface area contributed by atoms with Gasteiger partial charge in [0, 0.05) is 28.6 Å². The first-order valence-corrected chi connectivity index (χ1v) is 7.26. The number of anilines is 2. The van der Waals surface area contributed by atoms with Crippen LogP contribution in [0.1, 0.15) is 0 Å². The van der Waals surface area contributed by atoms with Crippen LogP contribution in [-0.2, 0) is 0 Å². The Balaban J connectivity index is 1.95. The van der Waals surface area contributed by atoms with Gasteiger partial charge in [-0.2, -0.15) is 0 Å². The van der Waals surface area contributed by atoms with Crippen molar-refractivity contribution in [3.63, 3.8) is 0 Å². The smallest absolute Gasteiger partial charge is 0.212 e. The lowest BCUT2D eigenvalue weighted by atomic mass is 10.3. The van der Waals surface area contributed by atoms with E-state index in [1.54, 1.807) is 13.3 Å². The highest BCUT2D eigenvalue weighted by Crippen LogP contribution is 2.30. The number of rotatable bonds is 4. The summed E-state index contributed by atoms with van der Waals surface area (Å²) in [6, 6.07) is 15.8. The molecule has 0 fully saturated rings. The van der Waals surface area contributed by atoms with Crippen molar-refractivity contribution in [3.8, 4) is 11.4 Å². The van der Waals surface area contributed by atoms with Crippen molar-refractivity contribution >= 4 is 27.6 Å². The molecule has 2 aromatic carbocycles. The van der Waals surface area contributed by atoms with Crippen LogP contribution in [0.3, 0.4) is 0 Å². The van der Waals surface area contributed by atoms with Crippen molar-refractivity contribution in [1.29, 1.82) is 0 Å². The first-order valence-electron chi connectivity index (χ1n) is 6.47. The van der Waals surface area contributed by atoms with Crippen molar-refractivity contribution in [3.05, 3.63) is 65.4 Å². The Kier molecular flexibility index (Phi) is 3.92. The molecule has 0 saturated heterocycles. The summed E-state index contributed by atoms with van der Waals surface area (Å²) in [5.41, 5.74) is 1.95. The first-order chi connectivity index (χ1) is 10.3. The molecule has 0 unspecified atom stereocenters. The molecule has 106 valence electrons. The number of imidazole rings is 1. The van der Waals surface area contributed by atoms with Crippen molar-refractivity contribution in [1.82, 2.24) is 9.55 Å². The Morgan fingerprint density at radius 3 is 2.71 bits per heavy atom. The molecule has 0 spiro atoms. The Hall–Kier alpha value is -2.27. The summed E-state index contributed by atoms with van der Waals surface area (Å²) in [7, 11) is 1.65. The first kappa shape index (κ1) is 13.7. The maximum absolute atomic E-state index is 5.26. The van der Waals surface area contributed by atoms with E-state index in [1.807, 2.05) is 59.3 Å². The van der Waals surface area contributed by atoms with E-state index in [9.17, 15) is 0 Å². The Labute approximate surface area is 131 Å². The predicted molar refractivity (Wildman–Crippen MR) is 87.5 cm³/mol. The Morgan fingerprint density at radius 1 is 1.14 bits per heavy atom. The lowest BCUT2D eigenvalue weighted by Crippen LogP contribution is -2.01. The van der Waals surface area contributed by atoms with E-state index in [1.165, 1.54) is 0 Å². The molecule has 3 aromatic rings. The van der Waals surface area contributed by atoms with Crippen LogP contribution >= 0.6 is 15.9 Å². The second-order valence-electron chi connectivity index (χ2n) is 4.43. The van der Waals surface area contributed by atoms with Gasteiger partial charge in [0.15, 0.2) is 0 Å². The molecule has 4 nitrogen and oxygen atoms in total. The fourth-order valence-electron chi connectivity index (χ4n) is 2.04. The minimum Gasteiger partial charge on any atom is -0.497 e. The third-order valence-corrected chi connectivity index (χ3v) is 3.79. The maximum Gasteiger partial charge on any atom is 0.212 e. The largest absolute Gasteiger partial charge is 0.497 e. The lowest BCUT2D eigenvalue weighted by Gasteiger charge is -2.12. The van der Waals surface area contributed by atoms with Crippen LogP contribution in [0.15, 0.2) is 65.4 Å². The average Bonchev–Trinajstić information content (AvgIpc) is 2.98. The van der Waals surface area contributed by atoms with Crippen molar-refractivity contribution in [2.75, 3.05) is 12.4 Å². The van der Waals surface area contributed by atoms with E-state index in [0.717, 1.165) is 27.5 Å². The number of ether oxygens (including phenoxy) is 1. The second kappa shape index (κ2) is 6.01. The molecule has 0 aliphatic rings. The summed E-state index contributed by atoms with van der Waals surface area (Å²) >= 11 is 3.53. The molecule has 0 amide bonds. The van der Waals surface area contributed by atoms with E-state index in [0.29, 0.717) is 0 Å². The number of methoxy groups -OCH3 is 1. The van der Waals surface area contributed by atoms with Gasteiger partial charge >= 0.3 is 0 Å². The quantitative estimate of drug-likeness (QED) is 0.763. The molecular formula is C16H14BrN3O. The molecule has 1 N–H and O–H groups in total. The number of benzene rings is 2. The van der Waals surface area contributed by atoms with E-state index in [2.05, 4.69) is 26.2 Å². The van der Waals surface area contributed by atoms with Crippen LogP contribution in [0.5, 0.6) is 5.75 Å². The number of aromatic nitrogens is 2. The van der Waals surface area contributed by atoms with Crippen LogP contribution in [0.25, 0.3) is 5.69 Å². The summed E-state index contributed by atoms with van der Waals surface area (Å²) in [5, 5.41) is 3.32. The molecule has 0 aliphatic heterocycles. The van der Waals surface area contributed by atoms with Gasteiger partial charge in [-0.25, -0.2) is 4.98 Å². The molecule has 5 heteroatoms. The Morgan fingerprint density at radius 2 is 1.95 bits per heavy atom. The van der Waals surface area contributed by atoms with Gasteiger partial charge in [0.25, 0.3) is 0 Å². The molecule has 0 aliphatic carbocycles. The minimum atomic E-state index is 0.746. The Bertz CT molecular complexity index is 740. The van der Waals surface area contributed by atoms with E-state index in [4.69, 9.17) is 4.74 Å². The topological polar surface area (TPSA) is 39.1 Å². The standard InChI is InChI=1S/C16H14BrN3O/c1-21-13-7-8-14(17)15(11-13)19-16-18-9-10-20(16)12-5-3-2-4-6-12/h2-11H,1H3,(H,18,19). The number of nitrogens with one attached hydrogen (secondary N) is 1. The molecule has 21 heavy (non-hydrogen) atoms. The zero-order valence-electron chi connectivity index (χ0n) is 11.5. The van der Waals surface area contributed by atoms with Crippen molar-refractivity contribution in [2.45, 2.75) is 0 Å². The predicted octanol–water partition coefficient (Wildman–Crippen LogP) is 4.39. The SMILES string of the molecule is COc1ccc(Br)c(Nc2nccn2-c2ccccc2)c1. The van der Waals surface area contributed by atoms with Crippen LogP contribution in [-0.4, -0.2) is 16.7 Å². The maximum atomic E-state index is 5.26. The molecule has 1 aromatic heterocycles. The number of hydrogen-bond acceptors (Lipinski definition) is 3. The third kappa shape index (κ3) is 2.92. The number of para-hydroxylation sites is 1. The normalized spacial score (nSPS) is 10.4. The van der Waals surface area contributed by atoms with E-state index < -0.39 is 0 Å². The molecule has 0 saturated carbocycles. The van der Waals surface area contributed by atoms with Crippen LogP contribution < -0.4 is 10.1 Å². The fraction of sp³-hybridized carbons (Fsp3) is 0.0625. The summed E-state index contributed by atoms with van der Waals surface area (Å²) in [6.07, 6.45) is 3.69. The van der Waals surface area contributed by atoms with Gasteiger partial charge in [0.2, 0.25) is 5.95 Å². The van der Waals surface area contributed by atoms with Crippen LogP contribution in [0.4, 0.5) is 11.6 Å². The van der Waals surface area contributed by atoms with E-state index >= 15 is 0 Å². The van der Waals surface area contributed by atoms with Crippen LogP contribution in [0.2, 0.25) is 0 Å². The molecular weight excluding hydrogens is 330 g/mol. The zero-order chi connectivity index (χ0) is 14.7. The highest BCUT2D eigenvalue weighted by atomic mass is 79.9. The highest BCUT2D eigenvalue weighted by molar-refractivity contribution is 9.10. The third-order valence-electron chi connectivity index (χ3n) is 3.10. The number of hydrogen-bond donors (Lipinski definition) is 1. The van der Waals surface area contributed by atoms with Gasteiger partial charge in [0.05, 0.1) is 12.8 Å². The van der Waals surface area contributed by atoms with Gasteiger partial charge in [-0.3, -0.25) is 4.57 Å². The number of nitrogens with zero attached hydrogens (tertiary/aromatic N) is 2. The van der Waals surface area contributed by atoms with Gasteiger partial charge in [-0.05, 0) is 40.2 Å². The molecule has 3 rings (SSSR count). The molecule has 0 atom stereocenters. The van der Waals surface area contributed by atoms with Gasteiger partial charge in [0.1, 0.15) is 5.75 Å². The minimum absolute atomic E-state index is 0.746. The summed E-state index contributed by atoms with van der Waals surface area (Å²) in [5.74, 6) is 1.54. The summed E-state index contributed by atoms with van der Waals surface area (Å²) < 4.78 is 8.20. The second-order valence-corrected chi connectivity index (χ2v) is 5.28. The highest BCUT2D eigenvalue weighted by Gasteiger charge is 2.08. The van der Waals surface area contributed by atoms with Gasteiger partial charge < -0.3 is 10.1 Å². The molecule has 1 heterocycles. The zero-order valence-corrected chi connectivity index (χ0v) is 13.0.